The molecule has 6 heteroatoms. The molecule has 0 aliphatic carbocycles. The summed E-state index contributed by atoms with van der Waals surface area (Å²) in [4.78, 5) is 0. The molecule has 0 unspecified atom stereocenters. The van der Waals surface area contributed by atoms with E-state index in [2.05, 4.69) is 0 Å². The van der Waals surface area contributed by atoms with Gasteiger partial charge in [0.05, 0.1) is 15.6 Å². The smallest absolute Gasteiger partial charge is 0.166 e. The van der Waals surface area contributed by atoms with E-state index in [1.54, 1.807) is 18.2 Å². The quantitative estimate of drug-likeness (QED) is 0.574. The van der Waals surface area contributed by atoms with Crippen LogP contribution in [0.15, 0.2) is 36.4 Å². The Bertz CT molecular complexity index is 621. The fraction of sp³-hybridized carbons (Fsp3) is 0.0769. The number of benzene rings is 2. The van der Waals surface area contributed by atoms with Crippen molar-refractivity contribution in [2.45, 2.75) is 6.18 Å². The van der Waals surface area contributed by atoms with Gasteiger partial charge in [0.25, 0.3) is 0 Å². The molecule has 0 amide bonds. The highest BCUT2D eigenvalue weighted by Crippen LogP contribution is 2.38. The van der Waals surface area contributed by atoms with Crippen molar-refractivity contribution in [3.05, 3.63) is 57.0 Å². The van der Waals surface area contributed by atoms with Crippen LogP contribution in [-0.4, -0.2) is 0 Å². The molecule has 2 rings (SSSR count). The lowest BCUT2D eigenvalue weighted by Crippen LogP contribution is -2.04. The SMILES string of the molecule is FC(F)(F)c1cc(Cl)cc(-c2cccc(Cl)c2Cl)c1. The summed E-state index contributed by atoms with van der Waals surface area (Å²) in [6.07, 6.45) is -4.47. The Kier molecular flexibility index (Phi) is 4.00. The van der Waals surface area contributed by atoms with E-state index in [0.717, 1.165) is 12.1 Å². The van der Waals surface area contributed by atoms with Gasteiger partial charge in [-0.3, -0.25) is 0 Å². The third kappa shape index (κ3) is 3.16. The zero-order valence-corrected chi connectivity index (χ0v) is 11.5. The van der Waals surface area contributed by atoms with E-state index in [9.17, 15) is 13.2 Å². The molecular weight excluding hydrogens is 319 g/mol. The molecule has 0 nitrogen and oxygen atoms in total. The highest BCUT2D eigenvalue weighted by molar-refractivity contribution is 6.43. The van der Waals surface area contributed by atoms with Crippen LogP contribution in [0.3, 0.4) is 0 Å². The minimum absolute atomic E-state index is 0.0131. The summed E-state index contributed by atoms with van der Waals surface area (Å²) in [5, 5.41) is 0.452. The molecule has 2 aromatic carbocycles. The van der Waals surface area contributed by atoms with Crippen LogP contribution in [-0.2, 0) is 6.18 Å². The number of halogens is 6. The van der Waals surface area contributed by atoms with Gasteiger partial charge in [-0.25, -0.2) is 0 Å². The Morgan fingerprint density at radius 2 is 1.58 bits per heavy atom. The van der Waals surface area contributed by atoms with Crippen LogP contribution < -0.4 is 0 Å². The summed E-state index contributed by atoms with van der Waals surface area (Å²) < 4.78 is 38.2. The summed E-state index contributed by atoms with van der Waals surface area (Å²) in [6, 6.07) is 8.02. The Morgan fingerprint density at radius 1 is 0.895 bits per heavy atom. The first kappa shape index (κ1) is 14.5. The maximum absolute atomic E-state index is 12.7. The van der Waals surface area contributed by atoms with Crippen LogP contribution in [0.25, 0.3) is 11.1 Å². The molecule has 0 saturated carbocycles. The molecule has 0 radical (unpaired) electrons. The monoisotopic (exact) mass is 324 g/mol. The number of hydrogen-bond acceptors (Lipinski definition) is 0. The van der Waals surface area contributed by atoms with Crippen LogP contribution in [0.4, 0.5) is 13.2 Å². The molecule has 19 heavy (non-hydrogen) atoms. The lowest BCUT2D eigenvalue weighted by molar-refractivity contribution is -0.137. The molecule has 0 bridgehead atoms. The molecule has 100 valence electrons. The highest BCUT2D eigenvalue weighted by Gasteiger charge is 2.31. The average molecular weight is 326 g/mol. The first-order valence-electron chi connectivity index (χ1n) is 5.11. The fourth-order valence-electron chi connectivity index (χ4n) is 1.64. The maximum Gasteiger partial charge on any atom is 0.416 e. The van der Waals surface area contributed by atoms with E-state index in [1.807, 2.05) is 0 Å². The predicted octanol–water partition coefficient (Wildman–Crippen LogP) is 6.33. The van der Waals surface area contributed by atoms with E-state index >= 15 is 0 Å². The number of hydrogen-bond donors (Lipinski definition) is 0. The van der Waals surface area contributed by atoms with Crippen molar-refractivity contribution in [2.24, 2.45) is 0 Å². The second-order valence-electron chi connectivity index (χ2n) is 3.83. The predicted molar refractivity (Wildman–Crippen MR) is 71.9 cm³/mol. The lowest BCUT2D eigenvalue weighted by atomic mass is 10.0. The second-order valence-corrected chi connectivity index (χ2v) is 5.05. The molecule has 0 aliphatic rings. The largest absolute Gasteiger partial charge is 0.416 e. The second kappa shape index (κ2) is 5.23. The third-order valence-corrected chi connectivity index (χ3v) is 3.52. The van der Waals surface area contributed by atoms with Crippen molar-refractivity contribution in [1.82, 2.24) is 0 Å². The Balaban J connectivity index is 2.63. The normalized spacial score (nSPS) is 11.7. The molecule has 0 fully saturated rings. The Hall–Kier alpha value is -0.900. The molecule has 0 aromatic heterocycles. The van der Waals surface area contributed by atoms with Crippen molar-refractivity contribution in [3.63, 3.8) is 0 Å². The third-order valence-electron chi connectivity index (χ3n) is 2.49. The van der Waals surface area contributed by atoms with E-state index in [0.29, 0.717) is 5.56 Å². The molecule has 0 aliphatic heterocycles. The van der Waals surface area contributed by atoms with Crippen LogP contribution in [0.2, 0.25) is 15.1 Å². The topological polar surface area (TPSA) is 0 Å². The highest BCUT2D eigenvalue weighted by atomic mass is 35.5. The minimum Gasteiger partial charge on any atom is -0.166 e. The molecule has 0 heterocycles. The molecule has 0 saturated heterocycles. The molecule has 0 N–H and O–H groups in total. The first-order valence-corrected chi connectivity index (χ1v) is 6.24. The van der Waals surface area contributed by atoms with E-state index in [-0.39, 0.29) is 20.6 Å². The van der Waals surface area contributed by atoms with Crippen LogP contribution in [0.5, 0.6) is 0 Å². The standard InChI is InChI=1S/C13H6Cl3F3/c14-9-5-7(4-8(6-9)13(17,18)19)10-2-1-3-11(15)12(10)16/h1-6H. The van der Waals surface area contributed by atoms with Gasteiger partial charge in [0.1, 0.15) is 0 Å². The van der Waals surface area contributed by atoms with Gasteiger partial charge in [-0.1, -0.05) is 46.9 Å². The molecule has 0 spiro atoms. The fourth-order valence-corrected chi connectivity index (χ4v) is 2.28. The van der Waals surface area contributed by atoms with Crippen molar-refractivity contribution in [2.75, 3.05) is 0 Å². The Morgan fingerprint density at radius 3 is 2.21 bits per heavy atom. The summed E-state index contributed by atoms with van der Waals surface area (Å²) in [6.45, 7) is 0. The van der Waals surface area contributed by atoms with Crippen molar-refractivity contribution in [1.29, 1.82) is 0 Å². The van der Waals surface area contributed by atoms with Gasteiger partial charge in [0.15, 0.2) is 0 Å². The van der Waals surface area contributed by atoms with Gasteiger partial charge >= 0.3 is 6.18 Å². The maximum atomic E-state index is 12.7. The Labute approximate surface area is 122 Å². The van der Waals surface area contributed by atoms with Gasteiger partial charge in [0.2, 0.25) is 0 Å². The zero-order valence-electron chi connectivity index (χ0n) is 9.23. The molecular formula is C13H6Cl3F3. The summed E-state index contributed by atoms with van der Waals surface area (Å²) in [5.41, 5.74) is -0.152. The van der Waals surface area contributed by atoms with Gasteiger partial charge in [0, 0.05) is 10.6 Å². The van der Waals surface area contributed by atoms with Crippen LogP contribution in [0.1, 0.15) is 5.56 Å². The van der Waals surface area contributed by atoms with E-state index in [4.69, 9.17) is 34.8 Å². The van der Waals surface area contributed by atoms with Gasteiger partial charge in [-0.2, -0.15) is 13.2 Å². The average Bonchev–Trinajstić information content (AvgIpc) is 2.31. The summed E-state index contributed by atoms with van der Waals surface area (Å²) in [5.74, 6) is 0. The van der Waals surface area contributed by atoms with Crippen molar-refractivity contribution >= 4 is 34.8 Å². The van der Waals surface area contributed by atoms with Crippen LogP contribution >= 0.6 is 34.8 Å². The van der Waals surface area contributed by atoms with E-state index < -0.39 is 11.7 Å². The molecule has 2 aromatic rings. The summed E-state index contributed by atoms with van der Waals surface area (Å²) in [7, 11) is 0. The summed E-state index contributed by atoms with van der Waals surface area (Å²) >= 11 is 17.6. The number of alkyl halides is 3. The minimum atomic E-state index is -4.47. The lowest BCUT2D eigenvalue weighted by Gasteiger charge is -2.11. The van der Waals surface area contributed by atoms with Gasteiger partial charge < -0.3 is 0 Å². The van der Waals surface area contributed by atoms with E-state index in [1.165, 1.54) is 6.07 Å². The van der Waals surface area contributed by atoms with Gasteiger partial charge in [-0.05, 0) is 29.8 Å². The van der Waals surface area contributed by atoms with Crippen LogP contribution in [0, 0.1) is 0 Å². The van der Waals surface area contributed by atoms with Crippen molar-refractivity contribution in [3.8, 4) is 11.1 Å². The first-order chi connectivity index (χ1) is 8.79. The molecule has 0 atom stereocenters. The number of rotatable bonds is 1. The van der Waals surface area contributed by atoms with Crippen molar-refractivity contribution < 1.29 is 13.2 Å². The zero-order chi connectivity index (χ0) is 14.2. The van der Waals surface area contributed by atoms with Gasteiger partial charge in [-0.15, -0.1) is 0 Å².